The highest BCUT2D eigenvalue weighted by Gasteiger charge is 2.12. The van der Waals surface area contributed by atoms with E-state index in [9.17, 15) is 19.7 Å². The summed E-state index contributed by atoms with van der Waals surface area (Å²) in [6.07, 6.45) is 1.35. The first kappa shape index (κ1) is 13.5. The third-order valence-corrected chi connectivity index (χ3v) is 2.55. The van der Waals surface area contributed by atoms with Crippen LogP contribution in [0, 0.1) is 10.1 Å². The van der Waals surface area contributed by atoms with Gasteiger partial charge in [-0.15, -0.1) is 0 Å². The smallest absolute Gasteiger partial charge is 0.287 e. The van der Waals surface area contributed by atoms with Crippen molar-refractivity contribution < 1.29 is 18.9 Å². The van der Waals surface area contributed by atoms with Gasteiger partial charge >= 0.3 is 0 Å². The highest BCUT2D eigenvalue weighted by molar-refractivity contribution is 6.01. The van der Waals surface area contributed by atoms with Gasteiger partial charge in [0.05, 0.1) is 17.7 Å². The quantitative estimate of drug-likeness (QED) is 0.508. The first-order valence-electron chi connectivity index (χ1n) is 5.67. The third-order valence-electron chi connectivity index (χ3n) is 2.55. The van der Waals surface area contributed by atoms with Crippen molar-refractivity contribution in [2.75, 3.05) is 6.54 Å². The normalized spacial score (nSPS) is 10.0. The Kier molecular flexibility index (Phi) is 3.90. The van der Waals surface area contributed by atoms with Gasteiger partial charge in [0.15, 0.2) is 11.5 Å². The Morgan fingerprint density at radius 3 is 2.45 bits per heavy atom. The first-order valence-corrected chi connectivity index (χ1v) is 5.67. The van der Waals surface area contributed by atoms with E-state index >= 15 is 0 Å². The Morgan fingerprint density at radius 2 is 1.90 bits per heavy atom. The van der Waals surface area contributed by atoms with Crippen LogP contribution in [0.15, 0.2) is 47.1 Å². The zero-order valence-corrected chi connectivity index (χ0v) is 10.2. The number of carbonyl (C=O) groups excluding carboxylic acids is 2. The molecule has 0 radical (unpaired) electrons. The standard InChI is InChI=1S/C13H10N2O5/c16-11(8-14-13(17)12-2-1-7-20-12)9-3-5-10(6-4-9)15(18)19/h1-7H,8H2,(H,14,17). The zero-order valence-electron chi connectivity index (χ0n) is 10.2. The van der Waals surface area contributed by atoms with Crippen molar-refractivity contribution in [1.29, 1.82) is 0 Å². The van der Waals surface area contributed by atoms with Crippen molar-refractivity contribution in [2.45, 2.75) is 0 Å². The summed E-state index contributed by atoms with van der Waals surface area (Å²) in [5.41, 5.74) is 0.191. The van der Waals surface area contributed by atoms with Gasteiger partial charge in [-0.3, -0.25) is 19.7 Å². The van der Waals surface area contributed by atoms with Gasteiger partial charge in [0.1, 0.15) is 0 Å². The lowest BCUT2D eigenvalue weighted by atomic mass is 10.1. The Hall–Kier alpha value is -2.96. The topological polar surface area (TPSA) is 102 Å². The number of furan rings is 1. The van der Waals surface area contributed by atoms with Crippen molar-refractivity contribution in [1.82, 2.24) is 5.32 Å². The van der Waals surface area contributed by atoms with Crippen LogP contribution >= 0.6 is 0 Å². The van der Waals surface area contributed by atoms with E-state index in [-0.39, 0.29) is 29.3 Å². The van der Waals surface area contributed by atoms with Crippen molar-refractivity contribution in [3.05, 3.63) is 64.1 Å². The Bertz CT molecular complexity index is 631. The fraction of sp³-hybridized carbons (Fsp3) is 0.0769. The number of amides is 1. The van der Waals surface area contributed by atoms with E-state index in [2.05, 4.69) is 5.32 Å². The predicted octanol–water partition coefficient (Wildman–Crippen LogP) is 1.80. The van der Waals surface area contributed by atoms with Gasteiger partial charge in [0.25, 0.3) is 11.6 Å². The number of hydrogen-bond donors (Lipinski definition) is 1. The molecule has 0 saturated carbocycles. The fourth-order valence-electron chi connectivity index (χ4n) is 1.53. The van der Waals surface area contributed by atoms with Crippen LogP contribution < -0.4 is 5.32 Å². The lowest BCUT2D eigenvalue weighted by Gasteiger charge is -2.02. The largest absolute Gasteiger partial charge is 0.459 e. The molecule has 0 saturated heterocycles. The maximum absolute atomic E-state index is 11.8. The van der Waals surface area contributed by atoms with Crippen molar-refractivity contribution in [3.8, 4) is 0 Å². The van der Waals surface area contributed by atoms with Gasteiger partial charge in [-0.05, 0) is 24.3 Å². The molecule has 0 atom stereocenters. The van der Waals surface area contributed by atoms with E-state index in [0.29, 0.717) is 0 Å². The van der Waals surface area contributed by atoms with Gasteiger partial charge in [-0.1, -0.05) is 0 Å². The van der Waals surface area contributed by atoms with E-state index < -0.39 is 10.8 Å². The first-order chi connectivity index (χ1) is 9.58. The van der Waals surface area contributed by atoms with Crippen molar-refractivity contribution in [2.24, 2.45) is 0 Å². The number of Topliss-reactive ketones (excluding diaryl/α,β-unsaturated/α-hetero) is 1. The van der Waals surface area contributed by atoms with E-state index in [1.165, 1.54) is 36.6 Å². The van der Waals surface area contributed by atoms with Crippen LogP contribution in [0.4, 0.5) is 5.69 Å². The molecule has 0 aliphatic rings. The van der Waals surface area contributed by atoms with Crippen LogP contribution in [0.3, 0.4) is 0 Å². The molecule has 0 aliphatic carbocycles. The van der Waals surface area contributed by atoms with Crippen LogP contribution in [0.25, 0.3) is 0 Å². The summed E-state index contributed by atoms with van der Waals surface area (Å²) in [6.45, 7) is -0.211. The van der Waals surface area contributed by atoms with Gasteiger partial charge in [0, 0.05) is 17.7 Å². The number of nitro groups is 1. The number of non-ortho nitro benzene ring substituents is 1. The highest BCUT2D eigenvalue weighted by atomic mass is 16.6. The number of nitrogens with one attached hydrogen (secondary N) is 1. The predicted molar refractivity (Wildman–Crippen MR) is 68.5 cm³/mol. The number of ketones is 1. The molecule has 2 aromatic rings. The zero-order chi connectivity index (χ0) is 14.5. The molecule has 0 unspecified atom stereocenters. The minimum atomic E-state index is -0.549. The van der Waals surface area contributed by atoms with E-state index in [1.54, 1.807) is 6.07 Å². The summed E-state index contributed by atoms with van der Waals surface area (Å²) >= 11 is 0. The minimum absolute atomic E-state index is 0.0961. The molecule has 1 heterocycles. The summed E-state index contributed by atoms with van der Waals surface area (Å²) in [4.78, 5) is 33.3. The summed E-state index contributed by atoms with van der Waals surface area (Å²) < 4.78 is 4.88. The summed E-state index contributed by atoms with van der Waals surface area (Å²) in [6, 6.07) is 8.21. The third kappa shape index (κ3) is 3.08. The molecule has 1 aromatic heterocycles. The molecule has 1 aromatic carbocycles. The SMILES string of the molecule is O=C(CNC(=O)c1ccco1)c1ccc([N+](=O)[O-])cc1. The maximum Gasteiger partial charge on any atom is 0.287 e. The Labute approximate surface area is 113 Å². The maximum atomic E-state index is 11.8. The van der Waals surface area contributed by atoms with Crippen molar-refractivity contribution in [3.63, 3.8) is 0 Å². The number of nitrogens with zero attached hydrogens (tertiary/aromatic N) is 1. The van der Waals surface area contributed by atoms with E-state index in [4.69, 9.17) is 4.42 Å². The lowest BCUT2D eigenvalue weighted by molar-refractivity contribution is -0.384. The van der Waals surface area contributed by atoms with Crippen LogP contribution in [0.5, 0.6) is 0 Å². The average molecular weight is 274 g/mol. The van der Waals surface area contributed by atoms with Crippen LogP contribution in [0.2, 0.25) is 0 Å². The van der Waals surface area contributed by atoms with Crippen LogP contribution in [-0.4, -0.2) is 23.2 Å². The van der Waals surface area contributed by atoms with Crippen LogP contribution in [0.1, 0.15) is 20.9 Å². The Balaban J connectivity index is 1.95. The van der Waals surface area contributed by atoms with Gasteiger partial charge in [0.2, 0.25) is 0 Å². The fourth-order valence-corrected chi connectivity index (χ4v) is 1.53. The van der Waals surface area contributed by atoms with Crippen LogP contribution in [-0.2, 0) is 0 Å². The summed E-state index contributed by atoms with van der Waals surface area (Å²) in [5, 5.41) is 12.9. The molecular formula is C13H10N2O5. The monoisotopic (exact) mass is 274 g/mol. The number of hydrogen-bond acceptors (Lipinski definition) is 5. The molecule has 1 N–H and O–H groups in total. The number of rotatable bonds is 5. The molecule has 102 valence electrons. The Morgan fingerprint density at radius 1 is 1.20 bits per heavy atom. The number of nitro benzene ring substituents is 1. The molecule has 20 heavy (non-hydrogen) atoms. The lowest BCUT2D eigenvalue weighted by Crippen LogP contribution is -2.29. The second-order valence-corrected chi connectivity index (χ2v) is 3.89. The second-order valence-electron chi connectivity index (χ2n) is 3.89. The van der Waals surface area contributed by atoms with Gasteiger partial charge in [-0.25, -0.2) is 0 Å². The molecule has 0 aliphatic heterocycles. The summed E-state index contributed by atoms with van der Waals surface area (Å²) in [7, 11) is 0. The molecule has 7 heteroatoms. The molecule has 0 fully saturated rings. The number of carbonyl (C=O) groups is 2. The molecule has 2 rings (SSSR count). The van der Waals surface area contributed by atoms with E-state index in [1.807, 2.05) is 0 Å². The van der Waals surface area contributed by atoms with Gasteiger partial charge < -0.3 is 9.73 Å². The average Bonchev–Trinajstić information content (AvgIpc) is 2.98. The number of benzene rings is 1. The summed E-state index contributed by atoms with van der Waals surface area (Å²) in [5.74, 6) is -0.730. The molecular weight excluding hydrogens is 264 g/mol. The molecule has 1 amide bonds. The van der Waals surface area contributed by atoms with Crippen molar-refractivity contribution >= 4 is 17.4 Å². The molecule has 7 nitrogen and oxygen atoms in total. The molecule has 0 spiro atoms. The minimum Gasteiger partial charge on any atom is -0.459 e. The second kappa shape index (κ2) is 5.79. The van der Waals surface area contributed by atoms with E-state index in [0.717, 1.165) is 0 Å². The van der Waals surface area contributed by atoms with Gasteiger partial charge in [-0.2, -0.15) is 0 Å². The highest BCUT2D eigenvalue weighted by Crippen LogP contribution is 2.12. The molecule has 0 bridgehead atoms.